The number of methoxy groups -OCH3 is 1. The summed E-state index contributed by atoms with van der Waals surface area (Å²) in [6.45, 7) is 0. The lowest BCUT2D eigenvalue weighted by molar-refractivity contribution is 0.0697. The van der Waals surface area contributed by atoms with Gasteiger partial charge in [-0.05, 0) is 18.2 Å². The van der Waals surface area contributed by atoms with Crippen LogP contribution in [0.1, 0.15) is 10.4 Å². The molecule has 5 heteroatoms. The first-order valence-corrected chi connectivity index (χ1v) is 4.70. The molecule has 1 N–H and O–H groups in total. The molecule has 0 aliphatic rings. The minimum Gasteiger partial charge on any atom is -0.478 e. The number of carboxylic acid groups (broad SMARTS) is 1. The van der Waals surface area contributed by atoms with Crippen LogP contribution in [0.5, 0.6) is 5.19 Å². The molecule has 72 valence electrons. The van der Waals surface area contributed by atoms with Crippen molar-refractivity contribution in [2.75, 3.05) is 7.11 Å². The lowest BCUT2D eigenvalue weighted by Gasteiger charge is -1.91. The number of ether oxygens (including phenoxy) is 1. The maximum atomic E-state index is 10.7. The minimum absolute atomic E-state index is 0.241. The Morgan fingerprint density at radius 1 is 1.57 bits per heavy atom. The van der Waals surface area contributed by atoms with Gasteiger partial charge in [0.05, 0.1) is 22.9 Å². The Morgan fingerprint density at radius 3 is 3.00 bits per heavy atom. The van der Waals surface area contributed by atoms with Crippen LogP contribution in [-0.2, 0) is 0 Å². The zero-order chi connectivity index (χ0) is 10.1. The molecule has 0 atom stereocenters. The zero-order valence-corrected chi connectivity index (χ0v) is 8.17. The predicted octanol–water partition coefficient (Wildman–Crippen LogP) is 2.00. The van der Waals surface area contributed by atoms with Crippen molar-refractivity contribution in [3.05, 3.63) is 23.8 Å². The van der Waals surface area contributed by atoms with Crippen LogP contribution in [0.4, 0.5) is 0 Å². The minimum atomic E-state index is -0.945. The molecule has 1 aromatic carbocycles. The summed E-state index contributed by atoms with van der Waals surface area (Å²) in [6, 6.07) is 4.83. The molecule has 0 spiro atoms. The first-order chi connectivity index (χ1) is 6.70. The number of aromatic carboxylic acids is 1. The van der Waals surface area contributed by atoms with Gasteiger partial charge in [0.1, 0.15) is 0 Å². The number of benzene rings is 1. The molecule has 4 nitrogen and oxygen atoms in total. The summed E-state index contributed by atoms with van der Waals surface area (Å²) in [4.78, 5) is 14.8. The Kier molecular flexibility index (Phi) is 2.09. The number of rotatable bonds is 2. The van der Waals surface area contributed by atoms with Crippen LogP contribution < -0.4 is 4.74 Å². The number of fused-ring (bicyclic) bond motifs is 1. The number of hydrogen-bond donors (Lipinski definition) is 1. The van der Waals surface area contributed by atoms with Crippen molar-refractivity contribution in [2.24, 2.45) is 0 Å². The van der Waals surface area contributed by atoms with E-state index in [0.29, 0.717) is 10.7 Å². The van der Waals surface area contributed by atoms with Crippen molar-refractivity contribution in [1.29, 1.82) is 0 Å². The Hall–Kier alpha value is -1.62. The molecule has 0 unspecified atom stereocenters. The fraction of sp³-hybridized carbons (Fsp3) is 0.111. The van der Waals surface area contributed by atoms with Crippen LogP contribution in [0.2, 0.25) is 0 Å². The molecule has 0 fully saturated rings. The smallest absolute Gasteiger partial charge is 0.335 e. The first-order valence-electron chi connectivity index (χ1n) is 3.88. The third-order valence-electron chi connectivity index (χ3n) is 1.79. The van der Waals surface area contributed by atoms with E-state index in [1.807, 2.05) is 0 Å². The summed E-state index contributed by atoms with van der Waals surface area (Å²) in [6.07, 6.45) is 0. The van der Waals surface area contributed by atoms with Gasteiger partial charge in [-0.15, -0.1) is 0 Å². The summed E-state index contributed by atoms with van der Waals surface area (Å²) in [5.74, 6) is -0.945. The van der Waals surface area contributed by atoms with Crippen molar-refractivity contribution in [1.82, 2.24) is 4.98 Å². The zero-order valence-electron chi connectivity index (χ0n) is 7.35. The van der Waals surface area contributed by atoms with Crippen LogP contribution in [0.25, 0.3) is 10.2 Å². The fourth-order valence-electron chi connectivity index (χ4n) is 1.13. The van der Waals surface area contributed by atoms with E-state index in [0.717, 1.165) is 4.70 Å². The number of carboxylic acids is 1. The van der Waals surface area contributed by atoms with Crippen molar-refractivity contribution >= 4 is 27.5 Å². The normalized spacial score (nSPS) is 10.4. The Balaban J connectivity index is 2.59. The van der Waals surface area contributed by atoms with Crippen LogP contribution in [0.3, 0.4) is 0 Å². The Labute approximate surface area is 83.8 Å². The molecule has 0 saturated carbocycles. The predicted molar refractivity (Wildman–Crippen MR) is 53.1 cm³/mol. The molecule has 1 heterocycles. The summed E-state index contributed by atoms with van der Waals surface area (Å²) >= 11 is 1.39. The molecule has 2 rings (SSSR count). The molecule has 14 heavy (non-hydrogen) atoms. The van der Waals surface area contributed by atoms with E-state index < -0.39 is 5.97 Å². The van der Waals surface area contributed by atoms with E-state index in [1.165, 1.54) is 24.5 Å². The molecular weight excluding hydrogens is 202 g/mol. The standard InChI is InChI=1S/C9H7NO3S/c1-13-9-10-6-4-5(8(11)12)2-3-7(6)14-9/h2-4H,1H3,(H,11,12). The van der Waals surface area contributed by atoms with E-state index in [-0.39, 0.29) is 5.56 Å². The monoisotopic (exact) mass is 209 g/mol. The Morgan fingerprint density at radius 2 is 2.36 bits per heavy atom. The summed E-state index contributed by atoms with van der Waals surface area (Å²) in [7, 11) is 1.54. The van der Waals surface area contributed by atoms with Gasteiger partial charge in [0.2, 0.25) is 0 Å². The number of aromatic nitrogens is 1. The van der Waals surface area contributed by atoms with Crippen LogP contribution >= 0.6 is 11.3 Å². The van der Waals surface area contributed by atoms with E-state index in [2.05, 4.69) is 4.98 Å². The van der Waals surface area contributed by atoms with Gasteiger partial charge < -0.3 is 9.84 Å². The summed E-state index contributed by atoms with van der Waals surface area (Å²) in [5.41, 5.74) is 0.900. The molecule has 1 aromatic heterocycles. The largest absolute Gasteiger partial charge is 0.478 e. The maximum absolute atomic E-state index is 10.7. The highest BCUT2D eigenvalue weighted by atomic mass is 32.1. The van der Waals surface area contributed by atoms with Gasteiger partial charge in [-0.2, -0.15) is 0 Å². The fourth-order valence-corrected chi connectivity index (χ4v) is 1.89. The van der Waals surface area contributed by atoms with E-state index in [9.17, 15) is 4.79 Å². The molecule has 2 aromatic rings. The lowest BCUT2D eigenvalue weighted by Crippen LogP contribution is -1.94. The Bertz CT molecular complexity index is 492. The van der Waals surface area contributed by atoms with Gasteiger partial charge in [-0.3, -0.25) is 0 Å². The second kappa shape index (κ2) is 3.26. The molecule has 0 bridgehead atoms. The van der Waals surface area contributed by atoms with Crippen LogP contribution in [0.15, 0.2) is 18.2 Å². The molecule has 0 radical (unpaired) electrons. The topological polar surface area (TPSA) is 59.4 Å². The highest BCUT2D eigenvalue weighted by molar-refractivity contribution is 7.20. The molecule has 0 amide bonds. The van der Waals surface area contributed by atoms with Gasteiger partial charge >= 0.3 is 5.97 Å². The second-order valence-electron chi connectivity index (χ2n) is 2.67. The van der Waals surface area contributed by atoms with Gasteiger partial charge in [0.25, 0.3) is 5.19 Å². The highest BCUT2D eigenvalue weighted by Gasteiger charge is 2.07. The highest BCUT2D eigenvalue weighted by Crippen LogP contribution is 2.27. The van der Waals surface area contributed by atoms with Gasteiger partial charge in [0, 0.05) is 0 Å². The number of carbonyl (C=O) groups is 1. The van der Waals surface area contributed by atoms with Gasteiger partial charge in [-0.25, -0.2) is 9.78 Å². The number of thiazole rings is 1. The van der Waals surface area contributed by atoms with E-state index in [1.54, 1.807) is 12.1 Å². The number of nitrogens with zero attached hydrogens (tertiary/aromatic N) is 1. The average Bonchev–Trinajstić information content (AvgIpc) is 2.58. The summed E-state index contributed by atoms with van der Waals surface area (Å²) in [5, 5.41) is 9.30. The summed E-state index contributed by atoms with van der Waals surface area (Å²) < 4.78 is 5.88. The third kappa shape index (κ3) is 1.42. The quantitative estimate of drug-likeness (QED) is 0.821. The molecular formula is C9H7NO3S. The lowest BCUT2D eigenvalue weighted by atomic mass is 10.2. The second-order valence-corrected chi connectivity index (χ2v) is 3.66. The van der Waals surface area contributed by atoms with Crippen molar-refractivity contribution in [3.8, 4) is 5.19 Å². The first kappa shape index (κ1) is 8.96. The van der Waals surface area contributed by atoms with Gasteiger partial charge in [-0.1, -0.05) is 11.3 Å². The van der Waals surface area contributed by atoms with E-state index >= 15 is 0 Å². The third-order valence-corrected chi connectivity index (χ3v) is 2.79. The average molecular weight is 209 g/mol. The van der Waals surface area contributed by atoms with Crippen molar-refractivity contribution in [2.45, 2.75) is 0 Å². The van der Waals surface area contributed by atoms with E-state index in [4.69, 9.17) is 9.84 Å². The van der Waals surface area contributed by atoms with Crippen molar-refractivity contribution in [3.63, 3.8) is 0 Å². The maximum Gasteiger partial charge on any atom is 0.335 e. The van der Waals surface area contributed by atoms with Crippen LogP contribution in [-0.4, -0.2) is 23.2 Å². The molecule has 0 aliphatic heterocycles. The van der Waals surface area contributed by atoms with Gasteiger partial charge in [0.15, 0.2) is 0 Å². The number of hydrogen-bond acceptors (Lipinski definition) is 4. The SMILES string of the molecule is COc1nc2cc(C(=O)O)ccc2s1. The molecule has 0 aliphatic carbocycles. The van der Waals surface area contributed by atoms with Crippen molar-refractivity contribution < 1.29 is 14.6 Å². The van der Waals surface area contributed by atoms with Crippen LogP contribution in [0, 0.1) is 0 Å². The molecule has 0 saturated heterocycles.